The van der Waals surface area contributed by atoms with Crippen LogP contribution in [0.2, 0.25) is 0 Å². The number of likely N-dealkylation sites (tertiary alicyclic amines) is 1. The molecule has 0 aromatic carbocycles. The molecule has 3 nitrogen and oxygen atoms in total. The summed E-state index contributed by atoms with van der Waals surface area (Å²) >= 11 is 0. The summed E-state index contributed by atoms with van der Waals surface area (Å²) in [5, 5.41) is 9.09. The average molecular weight is 243 g/mol. The molecule has 1 rings (SSSR count). The van der Waals surface area contributed by atoms with E-state index in [1.54, 1.807) is 7.11 Å². The van der Waals surface area contributed by atoms with Crippen LogP contribution in [0.5, 0.6) is 0 Å². The van der Waals surface area contributed by atoms with E-state index in [0.29, 0.717) is 11.5 Å². The summed E-state index contributed by atoms with van der Waals surface area (Å²) in [6.45, 7) is 7.96. The van der Waals surface area contributed by atoms with E-state index in [4.69, 9.17) is 9.84 Å². The molecule has 0 amide bonds. The van der Waals surface area contributed by atoms with Crippen molar-refractivity contribution in [2.24, 2.45) is 5.41 Å². The molecule has 1 aliphatic rings. The standard InChI is InChI=1S/C14H29NO2/c1-4-7-14(8-5-2)11-15(12-14)13(6-9-16)10-17-3/h13,16H,4-12H2,1-3H3. The maximum Gasteiger partial charge on any atom is 0.0618 e. The molecule has 3 heteroatoms. The first kappa shape index (κ1) is 14.9. The molecule has 102 valence electrons. The van der Waals surface area contributed by atoms with Gasteiger partial charge in [-0.2, -0.15) is 0 Å². The Hall–Kier alpha value is -0.120. The third-order valence-electron chi connectivity index (χ3n) is 3.98. The number of aliphatic hydroxyl groups excluding tert-OH is 1. The summed E-state index contributed by atoms with van der Waals surface area (Å²) in [6, 6.07) is 0.409. The minimum absolute atomic E-state index is 0.263. The highest BCUT2D eigenvalue weighted by Gasteiger charge is 2.43. The van der Waals surface area contributed by atoms with Crippen molar-refractivity contribution in [2.75, 3.05) is 33.4 Å². The Kier molecular flexibility index (Phi) is 6.45. The van der Waals surface area contributed by atoms with Crippen molar-refractivity contribution in [1.82, 2.24) is 4.90 Å². The van der Waals surface area contributed by atoms with Gasteiger partial charge in [0.2, 0.25) is 0 Å². The predicted molar refractivity (Wildman–Crippen MR) is 71.2 cm³/mol. The van der Waals surface area contributed by atoms with Gasteiger partial charge in [0.25, 0.3) is 0 Å². The van der Waals surface area contributed by atoms with Crippen LogP contribution in [-0.4, -0.2) is 49.5 Å². The first-order valence-electron chi connectivity index (χ1n) is 7.05. The van der Waals surface area contributed by atoms with Crippen LogP contribution in [0.4, 0.5) is 0 Å². The highest BCUT2D eigenvalue weighted by atomic mass is 16.5. The van der Waals surface area contributed by atoms with Crippen molar-refractivity contribution in [3.63, 3.8) is 0 Å². The highest BCUT2D eigenvalue weighted by molar-refractivity contribution is 4.96. The van der Waals surface area contributed by atoms with Crippen LogP contribution in [0.3, 0.4) is 0 Å². The molecular formula is C14H29NO2. The Morgan fingerprint density at radius 2 is 1.82 bits per heavy atom. The lowest BCUT2D eigenvalue weighted by Gasteiger charge is -2.54. The topological polar surface area (TPSA) is 32.7 Å². The van der Waals surface area contributed by atoms with Crippen LogP contribution in [-0.2, 0) is 4.74 Å². The molecule has 1 heterocycles. The summed E-state index contributed by atoms with van der Waals surface area (Å²) in [7, 11) is 1.75. The minimum Gasteiger partial charge on any atom is -0.396 e. The molecule has 0 aromatic heterocycles. The van der Waals surface area contributed by atoms with Gasteiger partial charge in [-0.25, -0.2) is 0 Å². The molecule has 0 radical (unpaired) electrons. The summed E-state index contributed by atoms with van der Waals surface area (Å²) in [5.74, 6) is 0. The summed E-state index contributed by atoms with van der Waals surface area (Å²) in [5.41, 5.74) is 0.560. The Morgan fingerprint density at radius 1 is 1.24 bits per heavy atom. The Bertz CT molecular complexity index is 188. The van der Waals surface area contributed by atoms with Crippen LogP contribution >= 0.6 is 0 Å². The molecule has 0 aliphatic carbocycles. The van der Waals surface area contributed by atoms with Crippen LogP contribution in [0.1, 0.15) is 46.0 Å². The zero-order valence-electron chi connectivity index (χ0n) is 11.7. The van der Waals surface area contributed by atoms with Gasteiger partial charge in [0, 0.05) is 32.8 Å². The van der Waals surface area contributed by atoms with Gasteiger partial charge >= 0.3 is 0 Å². The van der Waals surface area contributed by atoms with E-state index in [1.807, 2.05) is 0 Å². The van der Waals surface area contributed by atoms with Gasteiger partial charge in [0.05, 0.1) is 6.61 Å². The second kappa shape index (κ2) is 7.34. The van der Waals surface area contributed by atoms with Crippen molar-refractivity contribution in [2.45, 2.75) is 52.0 Å². The van der Waals surface area contributed by atoms with E-state index in [0.717, 1.165) is 13.0 Å². The largest absolute Gasteiger partial charge is 0.396 e. The number of hydrogen-bond acceptors (Lipinski definition) is 3. The van der Waals surface area contributed by atoms with Crippen LogP contribution in [0, 0.1) is 5.41 Å². The molecule has 1 aliphatic heterocycles. The number of nitrogens with zero attached hydrogens (tertiary/aromatic N) is 1. The lowest BCUT2D eigenvalue weighted by molar-refractivity contribution is -0.0666. The fourth-order valence-electron chi connectivity index (χ4n) is 3.29. The van der Waals surface area contributed by atoms with E-state index in [2.05, 4.69) is 18.7 Å². The van der Waals surface area contributed by atoms with Gasteiger partial charge in [-0.1, -0.05) is 26.7 Å². The average Bonchev–Trinajstić information content (AvgIpc) is 2.25. The van der Waals surface area contributed by atoms with Crippen molar-refractivity contribution in [3.05, 3.63) is 0 Å². The first-order chi connectivity index (χ1) is 8.21. The summed E-state index contributed by atoms with van der Waals surface area (Å²) < 4.78 is 5.25. The van der Waals surface area contributed by atoms with Gasteiger partial charge in [-0.05, 0) is 24.7 Å². The van der Waals surface area contributed by atoms with E-state index in [-0.39, 0.29) is 6.61 Å². The van der Waals surface area contributed by atoms with Crippen LogP contribution < -0.4 is 0 Å². The van der Waals surface area contributed by atoms with Crippen LogP contribution in [0.25, 0.3) is 0 Å². The van der Waals surface area contributed by atoms with Gasteiger partial charge in [0.15, 0.2) is 0 Å². The molecule has 0 bridgehead atoms. The van der Waals surface area contributed by atoms with Crippen molar-refractivity contribution < 1.29 is 9.84 Å². The van der Waals surface area contributed by atoms with Gasteiger partial charge in [-0.15, -0.1) is 0 Å². The lowest BCUT2D eigenvalue weighted by Crippen LogP contribution is -2.60. The highest BCUT2D eigenvalue weighted by Crippen LogP contribution is 2.40. The van der Waals surface area contributed by atoms with Crippen LogP contribution in [0.15, 0.2) is 0 Å². The summed E-state index contributed by atoms with van der Waals surface area (Å²) in [4.78, 5) is 2.49. The normalized spacial score (nSPS) is 21.2. The molecule has 0 spiro atoms. The number of ether oxygens (including phenoxy) is 1. The zero-order chi connectivity index (χ0) is 12.7. The molecule has 1 atom stereocenters. The minimum atomic E-state index is 0.263. The van der Waals surface area contributed by atoms with Gasteiger partial charge in [-0.3, -0.25) is 4.90 Å². The van der Waals surface area contributed by atoms with E-state index in [1.165, 1.54) is 38.8 Å². The Labute approximate surface area is 106 Å². The molecule has 1 saturated heterocycles. The van der Waals surface area contributed by atoms with Gasteiger partial charge < -0.3 is 9.84 Å². The quantitative estimate of drug-likeness (QED) is 0.674. The lowest BCUT2D eigenvalue weighted by atomic mass is 9.72. The number of methoxy groups -OCH3 is 1. The van der Waals surface area contributed by atoms with E-state index >= 15 is 0 Å². The van der Waals surface area contributed by atoms with Crippen molar-refractivity contribution >= 4 is 0 Å². The molecule has 1 unspecified atom stereocenters. The second-order valence-corrected chi connectivity index (χ2v) is 5.53. The molecule has 0 saturated carbocycles. The molecule has 1 N–H and O–H groups in total. The Balaban J connectivity index is 2.44. The maximum absolute atomic E-state index is 9.09. The molecule has 17 heavy (non-hydrogen) atoms. The second-order valence-electron chi connectivity index (χ2n) is 5.53. The molecule has 1 fully saturated rings. The van der Waals surface area contributed by atoms with Gasteiger partial charge in [0.1, 0.15) is 0 Å². The fraction of sp³-hybridized carbons (Fsp3) is 1.00. The number of hydrogen-bond donors (Lipinski definition) is 1. The fourth-order valence-corrected chi connectivity index (χ4v) is 3.29. The van der Waals surface area contributed by atoms with Crippen molar-refractivity contribution in [1.29, 1.82) is 0 Å². The third kappa shape index (κ3) is 3.94. The van der Waals surface area contributed by atoms with E-state index in [9.17, 15) is 0 Å². The monoisotopic (exact) mass is 243 g/mol. The number of rotatable bonds is 9. The van der Waals surface area contributed by atoms with Crippen molar-refractivity contribution in [3.8, 4) is 0 Å². The number of aliphatic hydroxyl groups is 1. The first-order valence-corrected chi connectivity index (χ1v) is 7.05. The third-order valence-corrected chi connectivity index (χ3v) is 3.98. The Morgan fingerprint density at radius 3 is 2.24 bits per heavy atom. The predicted octanol–water partition coefficient (Wildman–Crippen LogP) is 2.29. The van der Waals surface area contributed by atoms with E-state index < -0.39 is 0 Å². The molecule has 0 aromatic rings. The maximum atomic E-state index is 9.09. The summed E-state index contributed by atoms with van der Waals surface area (Å²) in [6.07, 6.45) is 6.08. The SMILES string of the molecule is CCCC1(CCC)CN(C(CCO)COC)C1. The zero-order valence-corrected chi connectivity index (χ0v) is 11.7. The molecular weight excluding hydrogens is 214 g/mol. The smallest absolute Gasteiger partial charge is 0.0618 e.